The van der Waals surface area contributed by atoms with Gasteiger partial charge in [-0.2, -0.15) is 0 Å². The summed E-state index contributed by atoms with van der Waals surface area (Å²) in [6.45, 7) is 1.89. The van der Waals surface area contributed by atoms with Crippen LogP contribution in [0.1, 0.15) is 28.9 Å². The van der Waals surface area contributed by atoms with E-state index in [-0.39, 0.29) is 17.6 Å². The van der Waals surface area contributed by atoms with E-state index in [1.807, 2.05) is 19.1 Å². The minimum absolute atomic E-state index is 0.0957. The molecule has 2 aromatic heterocycles. The molecule has 2 aromatic rings. The van der Waals surface area contributed by atoms with Gasteiger partial charge in [0, 0.05) is 19.4 Å². The van der Waals surface area contributed by atoms with Crippen molar-refractivity contribution in [1.29, 1.82) is 0 Å². The number of rotatable bonds is 4. The number of carboxylic acids is 1. The Labute approximate surface area is 126 Å². The summed E-state index contributed by atoms with van der Waals surface area (Å²) >= 11 is 1.18. The van der Waals surface area contributed by atoms with Crippen LogP contribution >= 0.6 is 11.3 Å². The number of hydrogen-bond donors (Lipinski definition) is 2. The lowest BCUT2D eigenvalue weighted by Gasteiger charge is -2.25. The van der Waals surface area contributed by atoms with Crippen molar-refractivity contribution in [3.63, 3.8) is 0 Å². The van der Waals surface area contributed by atoms with Crippen LogP contribution in [0, 0.1) is 0 Å². The zero-order valence-corrected chi connectivity index (χ0v) is 12.4. The summed E-state index contributed by atoms with van der Waals surface area (Å²) in [7, 11) is 1.66. The number of nitrogens with zero attached hydrogens (tertiary/aromatic N) is 2. The van der Waals surface area contributed by atoms with Crippen LogP contribution < -0.4 is 5.32 Å². The third-order valence-corrected chi connectivity index (χ3v) is 4.04. The largest absolute Gasteiger partial charge is 0.478 e. The zero-order chi connectivity index (χ0) is 15.4. The minimum atomic E-state index is -1.06. The fourth-order valence-corrected chi connectivity index (χ4v) is 2.57. The Morgan fingerprint density at radius 1 is 1.33 bits per heavy atom. The van der Waals surface area contributed by atoms with Gasteiger partial charge in [-0.1, -0.05) is 0 Å². The number of aromatic carboxylic acids is 1. The monoisotopic (exact) mass is 305 g/mol. The number of carboxylic acid groups (broad SMARTS) is 1. The van der Waals surface area contributed by atoms with Crippen LogP contribution in [-0.4, -0.2) is 34.0 Å². The van der Waals surface area contributed by atoms with Crippen LogP contribution in [0.2, 0.25) is 0 Å². The van der Waals surface area contributed by atoms with Gasteiger partial charge in [0.2, 0.25) is 0 Å². The second-order valence-electron chi connectivity index (χ2n) is 4.47. The molecule has 0 saturated heterocycles. The number of nitrogens with one attached hydrogen (secondary N) is 1. The van der Waals surface area contributed by atoms with Crippen LogP contribution in [0.25, 0.3) is 0 Å². The summed E-state index contributed by atoms with van der Waals surface area (Å²) in [6, 6.07) is 4.63. The van der Waals surface area contributed by atoms with Gasteiger partial charge in [0.05, 0.1) is 11.6 Å². The molecule has 0 spiro atoms. The molecule has 0 aliphatic rings. The lowest BCUT2D eigenvalue weighted by molar-refractivity contribution is 0.0698. The van der Waals surface area contributed by atoms with Gasteiger partial charge in [-0.05, 0) is 36.1 Å². The Hall–Kier alpha value is -2.41. The van der Waals surface area contributed by atoms with E-state index in [1.165, 1.54) is 22.3 Å². The molecular formula is C14H15N3O3S. The molecule has 2 heterocycles. The fourth-order valence-electron chi connectivity index (χ4n) is 1.80. The molecule has 0 radical (unpaired) electrons. The van der Waals surface area contributed by atoms with Crippen molar-refractivity contribution in [1.82, 2.24) is 9.88 Å². The summed E-state index contributed by atoms with van der Waals surface area (Å²) in [5.41, 5.74) is 1.05. The number of hydrogen-bond acceptors (Lipinski definition) is 4. The van der Waals surface area contributed by atoms with Gasteiger partial charge in [0.15, 0.2) is 0 Å². The number of pyridine rings is 1. The first kappa shape index (κ1) is 15.0. The molecule has 0 aliphatic heterocycles. The Morgan fingerprint density at radius 2 is 2.00 bits per heavy atom. The SMILES string of the molecule is CC(c1ccncc1)N(C)C(=O)Nc1sccc1C(=O)O. The zero-order valence-electron chi connectivity index (χ0n) is 11.6. The van der Waals surface area contributed by atoms with Gasteiger partial charge in [-0.3, -0.25) is 10.3 Å². The molecule has 0 aliphatic carbocycles. The average molecular weight is 305 g/mol. The Kier molecular flexibility index (Phi) is 4.54. The number of aromatic nitrogens is 1. The molecule has 2 amide bonds. The quantitative estimate of drug-likeness (QED) is 0.909. The van der Waals surface area contributed by atoms with Crippen molar-refractivity contribution in [3.8, 4) is 0 Å². The van der Waals surface area contributed by atoms with E-state index in [0.29, 0.717) is 5.00 Å². The normalized spacial score (nSPS) is 11.7. The van der Waals surface area contributed by atoms with Crippen molar-refractivity contribution < 1.29 is 14.7 Å². The number of urea groups is 1. The van der Waals surface area contributed by atoms with Crippen molar-refractivity contribution in [2.45, 2.75) is 13.0 Å². The molecular weight excluding hydrogens is 290 g/mol. The van der Waals surface area contributed by atoms with Crippen LogP contribution in [0.3, 0.4) is 0 Å². The molecule has 6 nitrogen and oxygen atoms in total. The Morgan fingerprint density at radius 3 is 2.62 bits per heavy atom. The van der Waals surface area contributed by atoms with E-state index >= 15 is 0 Å². The van der Waals surface area contributed by atoms with Crippen molar-refractivity contribution in [2.24, 2.45) is 0 Å². The first-order valence-corrected chi connectivity index (χ1v) is 7.13. The van der Waals surface area contributed by atoms with E-state index in [4.69, 9.17) is 5.11 Å². The predicted molar refractivity (Wildman–Crippen MR) is 80.7 cm³/mol. The maximum absolute atomic E-state index is 12.2. The standard InChI is InChI=1S/C14H15N3O3S/c1-9(10-3-6-15-7-4-10)17(2)14(20)16-12-11(13(18)19)5-8-21-12/h3-9H,1-2H3,(H,16,20)(H,18,19). The molecule has 0 saturated carbocycles. The highest BCUT2D eigenvalue weighted by molar-refractivity contribution is 7.14. The molecule has 0 bridgehead atoms. The summed E-state index contributed by atoms with van der Waals surface area (Å²) in [4.78, 5) is 28.7. The highest BCUT2D eigenvalue weighted by atomic mass is 32.1. The molecule has 110 valence electrons. The summed E-state index contributed by atoms with van der Waals surface area (Å²) in [6.07, 6.45) is 3.33. The predicted octanol–water partition coefficient (Wildman–Crippen LogP) is 3.07. The maximum Gasteiger partial charge on any atom is 0.338 e. The smallest absolute Gasteiger partial charge is 0.338 e. The Balaban J connectivity index is 2.09. The molecule has 21 heavy (non-hydrogen) atoms. The number of carbonyl (C=O) groups is 2. The highest BCUT2D eigenvalue weighted by Crippen LogP contribution is 2.25. The second kappa shape index (κ2) is 6.36. The first-order valence-electron chi connectivity index (χ1n) is 6.25. The van der Waals surface area contributed by atoms with E-state index in [0.717, 1.165) is 5.56 Å². The van der Waals surface area contributed by atoms with E-state index in [2.05, 4.69) is 10.3 Å². The maximum atomic E-state index is 12.2. The van der Waals surface area contributed by atoms with Crippen molar-refractivity contribution in [3.05, 3.63) is 47.1 Å². The third kappa shape index (κ3) is 3.38. The van der Waals surface area contributed by atoms with Gasteiger partial charge in [-0.15, -0.1) is 11.3 Å². The molecule has 0 aromatic carbocycles. The molecule has 7 heteroatoms. The van der Waals surface area contributed by atoms with Crippen LogP contribution in [-0.2, 0) is 0 Å². The van der Waals surface area contributed by atoms with Gasteiger partial charge >= 0.3 is 12.0 Å². The van der Waals surface area contributed by atoms with Crippen molar-refractivity contribution >= 4 is 28.3 Å². The van der Waals surface area contributed by atoms with E-state index in [1.54, 1.807) is 24.8 Å². The molecule has 1 atom stereocenters. The lowest BCUT2D eigenvalue weighted by atomic mass is 10.1. The second-order valence-corrected chi connectivity index (χ2v) is 5.38. The van der Waals surface area contributed by atoms with Crippen LogP contribution in [0.5, 0.6) is 0 Å². The highest BCUT2D eigenvalue weighted by Gasteiger charge is 2.20. The van der Waals surface area contributed by atoms with Crippen LogP contribution in [0.4, 0.5) is 9.80 Å². The number of anilines is 1. The minimum Gasteiger partial charge on any atom is -0.478 e. The van der Waals surface area contributed by atoms with Gasteiger partial charge < -0.3 is 10.0 Å². The van der Waals surface area contributed by atoms with Crippen LogP contribution in [0.15, 0.2) is 36.0 Å². The third-order valence-electron chi connectivity index (χ3n) is 3.21. The average Bonchev–Trinajstić information content (AvgIpc) is 2.95. The van der Waals surface area contributed by atoms with E-state index in [9.17, 15) is 9.59 Å². The fraction of sp³-hybridized carbons (Fsp3) is 0.214. The van der Waals surface area contributed by atoms with Crippen molar-refractivity contribution in [2.75, 3.05) is 12.4 Å². The summed E-state index contributed by atoms with van der Waals surface area (Å²) < 4.78 is 0. The summed E-state index contributed by atoms with van der Waals surface area (Å²) in [5.74, 6) is -1.06. The van der Waals surface area contributed by atoms with Gasteiger partial charge in [-0.25, -0.2) is 9.59 Å². The molecule has 1 unspecified atom stereocenters. The number of thiophene rings is 1. The van der Waals surface area contributed by atoms with Gasteiger partial charge in [0.1, 0.15) is 5.00 Å². The van der Waals surface area contributed by atoms with E-state index < -0.39 is 5.97 Å². The molecule has 2 N–H and O–H groups in total. The summed E-state index contributed by atoms with van der Waals surface area (Å²) in [5, 5.41) is 13.6. The number of carbonyl (C=O) groups excluding carboxylic acids is 1. The first-order chi connectivity index (χ1) is 10.0. The topological polar surface area (TPSA) is 82.5 Å². The van der Waals surface area contributed by atoms with Gasteiger partial charge in [0.25, 0.3) is 0 Å². The molecule has 2 rings (SSSR count). The lowest BCUT2D eigenvalue weighted by Crippen LogP contribution is -2.33. The molecule has 0 fully saturated rings. The Bertz CT molecular complexity index is 642. The number of amides is 2.